The van der Waals surface area contributed by atoms with Gasteiger partial charge in [-0.1, -0.05) is 19.3 Å². The van der Waals surface area contributed by atoms with Gasteiger partial charge in [-0.25, -0.2) is 0 Å². The molecule has 3 heteroatoms. The zero-order valence-corrected chi connectivity index (χ0v) is 11.3. The Labute approximate surface area is 105 Å². The molecule has 1 N–H and O–H groups in total. The second-order valence-corrected chi connectivity index (χ2v) is 6.32. The summed E-state index contributed by atoms with van der Waals surface area (Å²) in [5.74, 6) is 1.29. The molecule has 1 amide bonds. The van der Waals surface area contributed by atoms with Gasteiger partial charge in [0.25, 0.3) is 0 Å². The summed E-state index contributed by atoms with van der Waals surface area (Å²) in [5.41, 5.74) is 0.0852. The molecule has 2 aliphatic rings. The largest absolute Gasteiger partial charge is 0.340 e. The Morgan fingerprint density at radius 2 is 2.18 bits per heavy atom. The van der Waals surface area contributed by atoms with Crippen LogP contribution in [0, 0.1) is 5.92 Å². The van der Waals surface area contributed by atoms with Crippen molar-refractivity contribution >= 4 is 5.91 Å². The maximum absolute atomic E-state index is 12.1. The van der Waals surface area contributed by atoms with Gasteiger partial charge in [0, 0.05) is 31.6 Å². The fraction of sp³-hybridized carbons (Fsp3) is 0.929. The van der Waals surface area contributed by atoms with Gasteiger partial charge >= 0.3 is 0 Å². The number of nitrogens with one attached hydrogen (secondary N) is 1. The van der Waals surface area contributed by atoms with Gasteiger partial charge in [0.2, 0.25) is 5.91 Å². The molecule has 17 heavy (non-hydrogen) atoms. The Morgan fingerprint density at radius 1 is 1.41 bits per heavy atom. The Balaban J connectivity index is 1.67. The van der Waals surface area contributed by atoms with E-state index in [2.05, 4.69) is 19.2 Å². The van der Waals surface area contributed by atoms with Crippen LogP contribution >= 0.6 is 0 Å². The van der Waals surface area contributed by atoms with Gasteiger partial charge < -0.3 is 10.2 Å². The van der Waals surface area contributed by atoms with E-state index >= 15 is 0 Å². The van der Waals surface area contributed by atoms with Crippen LogP contribution in [0.3, 0.4) is 0 Å². The third-order valence-corrected chi connectivity index (χ3v) is 4.15. The highest BCUT2D eigenvalue weighted by molar-refractivity contribution is 5.76. The number of nitrogens with zero attached hydrogens (tertiary/aromatic N) is 1. The van der Waals surface area contributed by atoms with Crippen molar-refractivity contribution in [1.82, 2.24) is 10.2 Å². The van der Waals surface area contributed by atoms with E-state index in [4.69, 9.17) is 0 Å². The number of rotatable bonds is 4. The van der Waals surface area contributed by atoms with Crippen LogP contribution in [0.25, 0.3) is 0 Å². The summed E-state index contributed by atoms with van der Waals surface area (Å²) in [6, 6.07) is 0. The molecular formula is C14H26N2O. The maximum atomic E-state index is 12.1. The standard InChI is InChI=1S/C14H26N2O/c1-14(2)11-16(10-9-15-14)13(17)8-4-7-12-5-3-6-12/h12,15H,3-11H2,1-2H3. The smallest absolute Gasteiger partial charge is 0.222 e. The molecule has 0 bridgehead atoms. The Bertz CT molecular complexity index is 271. The first-order chi connectivity index (χ1) is 8.07. The highest BCUT2D eigenvalue weighted by Crippen LogP contribution is 2.30. The molecule has 1 saturated heterocycles. The zero-order chi connectivity index (χ0) is 12.3. The molecule has 2 rings (SSSR count). The molecule has 0 radical (unpaired) electrons. The molecule has 0 aromatic rings. The number of hydrogen-bond donors (Lipinski definition) is 1. The topological polar surface area (TPSA) is 32.3 Å². The molecule has 3 nitrogen and oxygen atoms in total. The predicted molar refractivity (Wildman–Crippen MR) is 69.9 cm³/mol. The highest BCUT2D eigenvalue weighted by Gasteiger charge is 2.28. The van der Waals surface area contributed by atoms with E-state index in [0.717, 1.165) is 38.4 Å². The minimum Gasteiger partial charge on any atom is -0.340 e. The van der Waals surface area contributed by atoms with Crippen molar-refractivity contribution in [3.05, 3.63) is 0 Å². The first kappa shape index (κ1) is 12.9. The Kier molecular flexibility index (Phi) is 4.08. The van der Waals surface area contributed by atoms with E-state index in [1.165, 1.54) is 25.7 Å². The predicted octanol–water partition coefficient (Wildman–Crippen LogP) is 2.17. The van der Waals surface area contributed by atoms with E-state index in [1.807, 2.05) is 4.90 Å². The van der Waals surface area contributed by atoms with E-state index in [-0.39, 0.29) is 5.54 Å². The van der Waals surface area contributed by atoms with Crippen LogP contribution in [0.5, 0.6) is 0 Å². The minimum atomic E-state index is 0.0852. The lowest BCUT2D eigenvalue weighted by molar-refractivity contribution is -0.133. The van der Waals surface area contributed by atoms with Gasteiger partial charge in [-0.15, -0.1) is 0 Å². The van der Waals surface area contributed by atoms with Crippen molar-refractivity contribution in [3.63, 3.8) is 0 Å². The van der Waals surface area contributed by atoms with Crippen LogP contribution in [0.4, 0.5) is 0 Å². The first-order valence-electron chi connectivity index (χ1n) is 7.10. The molecular weight excluding hydrogens is 212 g/mol. The highest BCUT2D eigenvalue weighted by atomic mass is 16.2. The minimum absolute atomic E-state index is 0.0852. The van der Waals surface area contributed by atoms with Crippen molar-refractivity contribution in [2.75, 3.05) is 19.6 Å². The third kappa shape index (κ3) is 3.70. The Hall–Kier alpha value is -0.570. The summed E-state index contributed by atoms with van der Waals surface area (Å²) < 4.78 is 0. The van der Waals surface area contributed by atoms with Crippen LogP contribution in [-0.4, -0.2) is 36.0 Å². The number of hydrogen-bond acceptors (Lipinski definition) is 2. The summed E-state index contributed by atoms with van der Waals surface area (Å²) in [4.78, 5) is 14.1. The fourth-order valence-electron chi connectivity index (χ4n) is 2.84. The van der Waals surface area contributed by atoms with E-state index in [1.54, 1.807) is 0 Å². The Morgan fingerprint density at radius 3 is 2.76 bits per heavy atom. The van der Waals surface area contributed by atoms with Crippen molar-refractivity contribution in [2.24, 2.45) is 5.92 Å². The lowest BCUT2D eigenvalue weighted by Gasteiger charge is -2.39. The van der Waals surface area contributed by atoms with Gasteiger partial charge in [0.05, 0.1) is 0 Å². The first-order valence-corrected chi connectivity index (χ1v) is 7.10. The van der Waals surface area contributed by atoms with Gasteiger partial charge in [-0.05, 0) is 32.6 Å². The molecule has 1 aliphatic carbocycles. The van der Waals surface area contributed by atoms with E-state index in [0.29, 0.717) is 5.91 Å². The van der Waals surface area contributed by atoms with Crippen LogP contribution in [-0.2, 0) is 4.79 Å². The average molecular weight is 238 g/mol. The molecule has 0 aromatic heterocycles. The maximum Gasteiger partial charge on any atom is 0.222 e. The van der Waals surface area contributed by atoms with Crippen molar-refractivity contribution in [3.8, 4) is 0 Å². The molecule has 0 aromatic carbocycles. The lowest BCUT2D eigenvalue weighted by Crippen LogP contribution is -2.58. The summed E-state index contributed by atoms with van der Waals surface area (Å²) in [6.45, 7) is 7.00. The molecule has 98 valence electrons. The average Bonchev–Trinajstić information content (AvgIpc) is 2.20. The van der Waals surface area contributed by atoms with Gasteiger partial charge in [0.15, 0.2) is 0 Å². The third-order valence-electron chi connectivity index (χ3n) is 4.15. The van der Waals surface area contributed by atoms with E-state index < -0.39 is 0 Å². The van der Waals surface area contributed by atoms with Crippen LogP contribution in [0.1, 0.15) is 52.4 Å². The summed E-state index contributed by atoms with van der Waals surface area (Å²) in [5, 5.41) is 3.44. The summed E-state index contributed by atoms with van der Waals surface area (Å²) in [6.07, 6.45) is 7.32. The van der Waals surface area contributed by atoms with Crippen LogP contribution in [0.15, 0.2) is 0 Å². The number of piperazine rings is 1. The summed E-state index contributed by atoms with van der Waals surface area (Å²) >= 11 is 0. The van der Waals surface area contributed by atoms with Crippen LogP contribution in [0.2, 0.25) is 0 Å². The molecule has 1 aliphatic heterocycles. The van der Waals surface area contributed by atoms with Crippen molar-refractivity contribution in [2.45, 2.75) is 57.9 Å². The molecule has 0 spiro atoms. The van der Waals surface area contributed by atoms with E-state index in [9.17, 15) is 4.79 Å². The van der Waals surface area contributed by atoms with Gasteiger partial charge in [-0.2, -0.15) is 0 Å². The normalized spacial score (nSPS) is 24.5. The number of amides is 1. The lowest BCUT2D eigenvalue weighted by atomic mass is 9.82. The molecule has 0 unspecified atom stereocenters. The SMILES string of the molecule is CC1(C)CN(C(=O)CCCC2CCC2)CCN1. The second-order valence-electron chi connectivity index (χ2n) is 6.32. The van der Waals surface area contributed by atoms with Gasteiger partial charge in [-0.3, -0.25) is 4.79 Å². The van der Waals surface area contributed by atoms with Gasteiger partial charge in [0.1, 0.15) is 0 Å². The quantitative estimate of drug-likeness (QED) is 0.814. The second kappa shape index (κ2) is 5.38. The summed E-state index contributed by atoms with van der Waals surface area (Å²) in [7, 11) is 0. The zero-order valence-electron chi connectivity index (χ0n) is 11.3. The van der Waals surface area contributed by atoms with Crippen molar-refractivity contribution < 1.29 is 4.79 Å². The molecule has 0 atom stereocenters. The van der Waals surface area contributed by atoms with Crippen molar-refractivity contribution in [1.29, 1.82) is 0 Å². The monoisotopic (exact) mass is 238 g/mol. The number of carbonyl (C=O) groups excluding carboxylic acids is 1. The molecule has 1 heterocycles. The van der Waals surface area contributed by atoms with Crippen LogP contribution < -0.4 is 5.32 Å². The number of carbonyl (C=O) groups is 1. The molecule has 2 fully saturated rings. The fourth-order valence-corrected chi connectivity index (χ4v) is 2.84. The molecule has 1 saturated carbocycles.